The molecule has 1 aliphatic heterocycles. The van der Waals surface area contributed by atoms with Crippen LogP contribution in [-0.2, 0) is 17.9 Å². The van der Waals surface area contributed by atoms with Crippen molar-refractivity contribution in [2.45, 2.75) is 46.3 Å². The van der Waals surface area contributed by atoms with Crippen molar-refractivity contribution in [2.75, 3.05) is 13.1 Å². The Morgan fingerprint density at radius 1 is 1.36 bits per heavy atom. The van der Waals surface area contributed by atoms with Crippen molar-refractivity contribution < 1.29 is 4.79 Å². The van der Waals surface area contributed by atoms with Gasteiger partial charge in [-0.15, -0.1) is 0 Å². The fourth-order valence-electron chi connectivity index (χ4n) is 3.57. The molecule has 0 radical (unpaired) electrons. The average Bonchev–Trinajstić information content (AvgIpc) is 3.18. The molecule has 3 rings (SSSR count). The molecule has 1 N–H and O–H groups in total. The van der Waals surface area contributed by atoms with E-state index in [0.29, 0.717) is 11.1 Å². The van der Waals surface area contributed by atoms with Crippen molar-refractivity contribution >= 4 is 23.6 Å². The van der Waals surface area contributed by atoms with Gasteiger partial charge in [-0.05, 0) is 30.9 Å². The van der Waals surface area contributed by atoms with Gasteiger partial charge >= 0.3 is 0 Å². The third kappa shape index (κ3) is 5.46. The van der Waals surface area contributed by atoms with E-state index < -0.39 is 0 Å². The fraction of sp³-hybridized carbons (Fsp3) is 0.455. The van der Waals surface area contributed by atoms with Gasteiger partial charge in [0.05, 0.1) is 5.69 Å². The zero-order valence-electron chi connectivity index (χ0n) is 16.9. The molecular formula is C22H29ClN4O. The number of aromatic nitrogens is 2. The second-order valence-corrected chi connectivity index (χ2v) is 8.27. The number of hydrogen-bond acceptors (Lipinski definition) is 3. The maximum absolute atomic E-state index is 12.4. The minimum Gasteiger partial charge on any atom is -0.348 e. The van der Waals surface area contributed by atoms with Crippen LogP contribution in [0.2, 0.25) is 5.15 Å². The molecule has 1 saturated heterocycles. The van der Waals surface area contributed by atoms with Crippen molar-refractivity contribution in [3.63, 3.8) is 0 Å². The first-order valence-electron chi connectivity index (χ1n) is 9.90. The first-order chi connectivity index (χ1) is 13.4. The topological polar surface area (TPSA) is 50.2 Å². The van der Waals surface area contributed by atoms with Crippen molar-refractivity contribution in [1.82, 2.24) is 20.0 Å². The van der Waals surface area contributed by atoms with Crippen LogP contribution in [-0.4, -0.2) is 39.7 Å². The Morgan fingerprint density at radius 3 is 2.82 bits per heavy atom. The molecule has 1 aliphatic rings. The molecule has 1 aromatic carbocycles. The van der Waals surface area contributed by atoms with Gasteiger partial charge < -0.3 is 5.32 Å². The lowest BCUT2D eigenvalue weighted by Crippen LogP contribution is -2.35. The smallest absolute Gasteiger partial charge is 0.244 e. The summed E-state index contributed by atoms with van der Waals surface area (Å²) in [6.07, 6.45) is 4.31. The molecule has 0 saturated carbocycles. The van der Waals surface area contributed by atoms with Crippen molar-refractivity contribution in [1.29, 1.82) is 0 Å². The number of halogens is 1. The summed E-state index contributed by atoms with van der Waals surface area (Å²) in [5.74, 6) is 0.372. The number of amides is 1. The van der Waals surface area contributed by atoms with Gasteiger partial charge in [-0.3, -0.25) is 14.4 Å². The van der Waals surface area contributed by atoms with Gasteiger partial charge in [0.2, 0.25) is 5.91 Å². The monoisotopic (exact) mass is 400 g/mol. The summed E-state index contributed by atoms with van der Waals surface area (Å²) in [6, 6.07) is 10.6. The quantitative estimate of drug-likeness (QED) is 0.717. The van der Waals surface area contributed by atoms with Gasteiger partial charge in [0.1, 0.15) is 5.15 Å². The molecule has 0 bridgehead atoms. The van der Waals surface area contributed by atoms with Crippen molar-refractivity contribution in [3.8, 4) is 0 Å². The van der Waals surface area contributed by atoms with E-state index in [9.17, 15) is 4.79 Å². The second-order valence-electron chi connectivity index (χ2n) is 7.91. The molecule has 1 amide bonds. The van der Waals surface area contributed by atoms with Gasteiger partial charge in [0.15, 0.2) is 0 Å². The van der Waals surface area contributed by atoms with E-state index in [1.54, 1.807) is 16.8 Å². The molecule has 0 spiro atoms. The van der Waals surface area contributed by atoms with E-state index >= 15 is 0 Å². The largest absolute Gasteiger partial charge is 0.348 e. The van der Waals surface area contributed by atoms with Gasteiger partial charge in [-0.2, -0.15) is 5.10 Å². The highest BCUT2D eigenvalue weighted by atomic mass is 35.5. The second kappa shape index (κ2) is 9.39. The normalized spacial score (nSPS) is 17.7. The SMILES string of the molecule is Cc1nn(CC(C)C)c(Cl)c1/C=C/C(=O)NC1CCN(Cc2ccccc2)C1. The van der Waals surface area contributed by atoms with E-state index in [4.69, 9.17) is 11.6 Å². The number of aryl methyl sites for hydroxylation is 1. The predicted molar refractivity (Wildman–Crippen MR) is 114 cm³/mol. The zero-order chi connectivity index (χ0) is 20.1. The lowest BCUT2D eigenvalue weighted by Gasteiger charge is -2.16. The standard InChI is InChI=1S/C22H29ClN4O/c1-16(2)13-27-22(23)20(17(3)25-27)9-10-21(28)24-19-11-12-26(15-19)14-18-7-5-4-6-8-18/h4-10,16,19H,11-15H2,1-3H3,(H,24,28)/b10-9+. The Hall–Kier alpha value is -2.11. The minimum atomic E-state index is -0.0846. The third-order valence-electron chi connectivity index (χ3n) is 4.92. The molecule has 1 fully saturated rings. The van der Waals surface area contributed by atoms with E-state index in [0.717, 1.165) is 43.9 Å². The molecule has 5 nitrogen and oxygen atoms in total. The maximum atomic E-state index is 12.4. The first kappa shape index (κ1) is 20.6. The van der Waals surface area contributed by atoms with E-state index in [1.807, 2.05) is 13.0 Å². The number of nitrogens with one attached hydrogen (secondary N) is 1. The Balaban J connectivity index is 1.53. The number of carbonyl (C=O) groups is 1. The molecule has 150 valence electrons. The highest BCUT2D eigenvalue weighted by Gasteiger charge is 2.23. The first-order valence-corrected chi connectivity index (χ1v) is 10.3. The maximum Gasteiger partial charge on any atom is 0.244 e. The number of likely N-dealkylation sites (tertiary alicyclic amines) is 1. The number of nitrogens with zero attached hydrogens (tertiary/aromatic N) is 3. The van der Waals surface area contributed by atoms with Crippen LogP contribution in [0.5, 0.6) is 0 Å². The van der Waals surface area contributed by atoms with Gasteiger partial charge in [-0.1, -0.05) is 55.8 Å². The number of carbonyl (C=O) groups excluding carboxylic acids is 1. The lowest BCUT2D eigenvalue weighted by molar-refractivity contribution is -0.117. The highest BCUT2D eigenvalue weighted by Crippen LogP contribution is 2.22. The van der Waals surface area contributed by atoms with Crippen molar-refractivity contribution in [2.24, 2.45) is 5.92 Å². The summed E-state index contributed by atoms with van der Waals surface area (Å²) >= 11 is 6.43. The molecule has 6 heteroatoms. The summed E-state index contributed by atoms with van der Waals surface area (Å²) in [5, 5.41) is 8.17. The van der Waals surface area contributed by atoms with E-state index in [1.165, 1.54) is 5.56 Å². The van der Waals surface area contributed by atoms with Gasteiger partial charge in [0, 0.05) is 43.9 Å². The minimum absolute atomic E-state index is 0.0846. The van der Waals surface area contributed by atoms with Crippen LogP contribution < -0.4 is 5.32 Å². The molecular weight excluding hydrogens is 372 g/mol. The van der Waals surface area contributed by atoms with Crippen LogP contribution in [0, 0.1) is 12.8 Å². The third-order valence-corrected chi connectivity index (χ3v) is 5.32. The van der Waals surface area contributed by atoms with Crippen LogP contribution in [0.3, 0.4) is 0 Å². The Bertz CT molecular complexity index is 829. The molecule has 0 aliphatic carbocycles. The van der Waals surface area contributed by atoms with Crippen molar-refractivity contribution in [3.05, 3.63) is 58.4 Å². The summed E-state index contributed by atoms with van der Waals surface area (Å²) in [4.78, 5) is 14.7. The number of hydrogen-bond donors (Lipinski definition) is 1. The molecule has 1 aromatic heterocycles. The fourth-order valence-corrected chi connectivity index (χ4v) is 3.87. The van der Waals surface area contributed by atoms with Crippen LogP contribution in [0.25, 0.3) is 6.08 Å². The van der Waals surface area contributed by atoms with Crippen LogP contribution in [0.4, 0.5) is 0 Å². The van der Waals surface area contributed by atoms with Crippen LogP contribution in [0.1, 0.15) is 37.1 Å². The zero-order valence-corrected chi connectivity index (χ0v) is 17.6. The Kier molecular flexibility index (Phi) is 6.92. The van der Waals surface area contributed by atoms with Crippen LogP contribution >= 0.6 is 11.6 Å². The van der Waals surface area contributed by atoms with Gasteiger partial charge in [0.25, 0.3) is 0 Å². The summed E-state index contributed by atoms with van der Waals surface area (Å²) in [6.45, 7) is 9.72. The number of rotatable bonds is 7. The molecule has 1 unspecified atom stereocenters. The molecule has 1 atom stereocenters. The molecule has 2 aromatic rings. The van der Waals surface area contributed by atoms with E-state index in [-0.39, 0.29) is 11.9 Å². The summed E-state index contributed by atoms with van der Waals surface area (Å²) in [5.41, 5.74) is 2.96. The van der Waals surface area contributed by atoms with E-state index in [2.05, 4.69) is 53.4 Å². The van der Waals surface area contributed by atoms with Crippen LogP contribution in [0.15, 0.2) is 36.4 Å². The Labute approximate surface area is 172 Å². The lowest BCUT2D eigenvalue weighted by atomic mass is 10.2. The number of benzene rings is 1. The molecule has 28 heavy (non-hydrogen) atoms. The van der Waals surface area contributed by atoms with Gasteiger partial charge in [-0.25, -0.2) is 0 Å². The highest BCUT2D eigenvalue weighted by molar-refractivity contribution is 6.31. The summed E-state index contributed by atoms with van der Waals surface area (Å²) < 4.78 is 1.80. The predicted octanol–water partition coefficient (Wildman–Crippen LogP) is 3.90. The summed E-state index contributed by atoms with van der Waals surface area (Å²) in [7, 11) is 0. The molecule has 2 heterocycles. The average molecular weight is 401 g/mol. The Morgan fingerprint density at radius 2 is 2.11 bits per heavy atom.